The summed E-state index contributed by atoms with van der Waals surface area (Å²) in [4.78, 5) is 31.8. The van der Waals surface area contributed by atoms with E-state index in [1.165, 1.54) is 0 Å². The van der Waals surface area contributed by atoms with Crippen LogP contribution >= 0.6 is 0 Å². The smallest absolute Gasteiger partial charge is 0.249 e. The number of fused-ring (bicyclic) bond motifs is 1. The third-order valence-corrected chi connectivity index (χ3v) is 5.47. The second-order valence-electron chi connectivity index (χ2n) is 7.88. The van der Waals surface area contributed by atoms with Crippen LogP contribution < -0.4 is 5.32 Å². The molecule has 0 spiro atoms. The summed E-state index contributed by atoms with van der Waals surface area (Å²) in [6.45, 7) is 7.31. The molecule has 1 atom stereocenters. The minimum absolute atomic E-state index is 0.0223. The number of aryl methyl sites for hydroxylation is 1. The van der Waals surface area contributed by atoms with Crippen molar-refractivity contribution in [1.82, 2.24) is 19.8 Å². The highest BCUT2D eigenvalue weighted by atomic mass is 16.5. The van der Waals surface area contributed by atoms with Crippen LogP contribution in [0, 0.1) is 0 Å². The number of para-hydroxylation sites is 2. The van der Waals surface area contributed by atoms with E-state index in [0.29, 0.717) is 26.1 Å². The van der Waals surface area contributed by atoms with Crippen LogP contribution in [0.5, 0.6) is 0 Å². The summed E-state index contributed by atoms with van der Waals surface area (Å²) in [5.74, 6) is 1.00. The van der Waals surface area contributed by atoms with Crippen LogP contribution in [0.15, 0.2) is 24.3 Å². The zero-order valence-corrected chi connectivity index (χ0v) is 18.2. The third-order valence-electron chi connectivity index (χ3n) is 5.47. The monoisotopic (exact) mass is 414 g/mol. The van der Waals surface area contributed by atoms with Crippen molar-refractivity contribution < 1.29 is 14.3 Å². The molecule has 1 aromatic carbocycles. The average molecular weight is 415 g/mol. The van der Waals surface area contributed by atoms with Gasteiger partial charge in [-0.05, 0) is 44.2 Å². The quantitative estimate of drug-likeness (QED) is 0.574. The molecular formula is C23H34N4O3. The number of hydrogen-bond donors (Lipinski definition) is 1. The molecule has 1 aliphatic heterocycles. The van der Waals surface area contributed by atoms with Crippen molar-refractivity contribution in [2.24, 2.45) is 0 Å². The van der Waals surface area contributed by atoms with Gasteiger partial charge in [0, 0.05) is 32.7 Å². The van der Waals surface area contributed by atoms with Crippen LogP contribution in [0.25, 0.3) is 11.0 Å². The standard InChI is InChI=1S/C23H34N4O3/c1-3-14-26(15-4-2)22(28)17-27-19-10-6-5-9-18(19)25-21(27)12-7-13-24-23(29)20-11-8-16-30-20/h5-6,9-10,20H,3-4,7-8,11-17H2,1-2H3,(H,24,29). The van der Waals surface area contributed by atoms with E-state index in [4.69, 9.17) is 9.72 Å². The predicted octanol–water partition coefficient (Wildman–Crippen LogP) is 2.91. The lowest BCUT2D eigenvalue weighted by molar-refractivity contribution is -0.132. The van der Waals surface area contributed by atoms with Gasteiger partial charge in [0.2, 0.25) is 11.8 Å². The highest BCUT2D eigenvalue weighted by Gasteiger charge is 2.23. The Kier molecular flexibility index (Phi) is 8.25. The van der Waals surface area contributed by atoms with E-state index in [-0.39, 0.29) is 17.9 Å². The Bertz CT molecular complexity index is 836. The van der Waals surface area contributed by atoms with Crippen LogP contribution in [0.3, 0.4) is 0 Å². The van der Waals surface area contributed by atoms with Crippen molar-refractivity contribution in [2.45, 2.75) is 65.0 Å². The van der Waals surface area contributed by atoms with Crippen LogP contribution in [0.1, 0.15) is 51.8 Å². The molecule has 0 aliphatic carbocycles. The maximum absolute atomic E-state index is 13.0. The Labute approximate surface area is 178 Å². The Morgan fingerprint density at radius 3 is 2.70 bits per heavy atom. The minimum atomic E-state index is -0.296. The number of carbonyl (C=O) groups excluding carboxylic acids is 2. The molecule has 1 N–H and O–H groups in total. The molecule has 2 aromatic rings. The van der Waals surface area contributed by atoms with E-state index < -0.39 is 0 Å². The number of rotatable bonds is 11. The molecule has 30 heavy (non-hydrogen) atoms. The number of nitrogens with zero attached hydrogens (tertiary/aromatic N) is 3. The molecule has 1 fully saturated rings. The topological polar surface area (TPSA) is 76.5 Å². The van der Waals surface area contributed by atoms with Crippen molar-refractivity contribution in [3.05, 3.63) is 30.1 Å². The maximum atomic E-state index is 13.0. The van der Waals surface area contributed by atoms with E-state index in [0.717, 1.165) is 62.1 Å². The van der Waals surface area contributed by atoms with Gasteiger partial charge in [0.25, 0.3) is 0 Å². The van der Waals surface area contributed by atoms with Gasteiger partial charge < -0.3 is 19.5 Å². The number of amides is 2. The zero-order valence-electron chi connectivity index (χ0n) is 18.2. The molecule has 0 radical (unpaired) electrons. The maximum Gasteiger partial charge on any atom is 0.249 e. The number of carbonyl (C=O) groups is 2. The van der Waals surface area contributed by atoms with Gasteiger partial charge in [0.15, 0.2) is 0 Å². The number of nitrogens with one attached hydrogen (secondary N) is 1. The zero-order chi connectivity index (χ0) is 21.3. The number of hydrogen-bond acceptors (Lipinski definition) is 4. The molecule has 3 rings (SSSR count). The first-order valence-corrected chi connectivity index (χ1v) is 11.2. The number of ether oxygens (including phenoxy) is 1. The second-order valence-corrected chi connectivity index (χ2v) is 7.88. The normalized spacial score (nSPS) is 16.1. The van der Waals surface area contributed by atoms with Gasteiger partial charge >= 0.3 is 0 Å². The SMILES string of the molecule is CCCN(CCC)C(=O)Cn1c(CCCNC(=O)C2CCCO2)nc2ccccc21. The predicted molar refractivity (Wildman–Crippen MR) is 117 cm³/mol. The molecule has 1 aromatic heterocycles. The van der Waals surface area contributed by atoms with Crippen LogP contribution in [-0.2, 0) is 27.3 Å². The first kappa shape index (κ1) is 22.3. The molecule has 1 saturated heterocycles. The van der Waals surface area contributed by atoms with E-state index in [2.05, 4.69) is 19.2 Å². The van der Waals surface area contributed by atoms with E-state index in [9.17, 15) is 9.59 Å². The lowest BCUT2D eigenvalue weighted by Gasteiger charge is -2.22. The van der Waals surface area contributed by atoms with Crippen molar-refractivity contribution in [3.63, 3.8) is 0 Å². The van der Waals surface area contributed by atoms with Gasteiger partial charge in [-0.2, -0.15) is 0 Å². The summed E-state index contributed by atoms with van der Waals surface area (Å²) in [5, 5.41) is 2.96. The van der Waals surface area contributed by atoms with Crippen molar-refractivity contribution in [2.75, 3.05) is 26.2 Å². The highest BCUT2D eigenvalue weighted by Crippen LogP contribution is 2.18. The summed E-state index contributed by atoms with van der Waals surface area (Å²) in [6.07, 6.45) is 4.83. The number of aromatic nitrogens is 2. The van der Waals surface area contributed by atoms with E-state index >= 15 is 0 Å². The summed E-state index contributed by atoms with van der Waals surface area (Å²) in [7, 11) is 0. The molecule has 164 valence electrons. The Hall–Kier alpha value is -2.41. The largest absolute Gasteiger partial charge is 0.368 e. The van der Waals surface area contributed by atoms with Gasteiger partial charge in [-0.25, -0.2) is 4.98 Å². The fraction of sp³-hybridized carbons (Fsp3) is 0.609. The Balaban J connectivity index is 1.65. The summed E-state index contributed by atoms with van der Waals surface area (Å²) >= 11 is 0. The van der Waals surface area contributed by atoms with Crippen LogP contribution in [-0.4, -0.2) is 58.6 Å². The number of imidazole rings is 1. The lowest BCUT2D eigenvalue weighted by Crippen LogP contribution is -2.35. The third kappa shape index (κ3) is 5.59. The van der Waals surface area contributed by atoms with Gasteiger partial charge in [0.1, 0.15) is 18.5 Å². The minimum Gasteiger partial charge on any atom is -0.368 e. The second kappa shape index (κ2) is 11.1. The Morgan fingerprint density at radius 1 is 1.23 bits per heavy atom. The molecule has 0 saturated carbocycles. The first-order chi connectivity index (χ1) is 14.6. The van der Waals surface area contributed by atoms with Gasteiger partial charge in [-0.3, -0.25) is 9.59 Å². The van der Waals surface area contributed by atoms with Crippen molar-refractivity contribution in [1.29, 1.82) is 0 Å². The summed E-state index contributed by atoms with van der Waals surface area (Å²) in [6, 6.07) is 7.94. The molecule has 1 unspecified atom stereocenters. The van der Waals surface area contributed by atoms with Crippen molar-refractivity contribution >= 4 is 22.8 Å². The van der Waals surface area contributed by atoms with E-state index in [1.54, 1.807) is 0 Å². The van der Waals surface area contributed by atoms with Crippen molar-refractivity contribution in [3.8, 4) is 0 Å². The average Bonchev–Trinajstić information content (AvgIpc) is 3.40. The molecule has 2 heterocycles. The molecule has 7 nitrogen and oxygen atoms in total. The first-order valence-electron chi connectivity index (χ1n) is 11.2. The van der Waals surface area contributed by atoms with Gasteiger partial charge in [-0.15, -0.1) is 0 Å². The fourth-order valence-electron chi connectivity index (χ4n) is 3.99. The molecule has 2 amide bonds. The summed E-state index contributed by atoms with van der Waals surface area (Å²) in [5.41, 5.74) is 1.89. The summed E-state index contributed by atoms with van der Waals surface area (Å²) < 4.78 is 7.46. The lowest BCUT2D eigenvalue weighted by atomic mass is 10.2. The van der Waals surface area contributed by atoms with Gasteiger partial charge in [-0.1, -0.05) is 26.0 Å². The molecule has 0 bridgehead atoms. The molecular weight excluding hydrogens is 380 g/mol. The van der Waals surface area contributed by atoms with Gasteiger partial charge in [0.05, 0.1) is 11.0 Å². The molecule has 1 aliphatic rings. The fourth-order valence-corrected chi connectivity index (χ4v) is 3.99. The molecule has 7 heteroatoms. The Morgan fingerprint density at radius 2 is 2.00 bits per heavy atom. The number of benzene rings is 1. The van der Waals surface area contributed by atoms with E-state index in [1.807, 2.05) is 33.7 Å². The van der Waals surface area contributed by atoms with Crippen LogP contribution in [0.2, 0.25) is 0 Å². The van der Waals surface area contributed by atoms with Crippen LogP contribution in [0.4, 0.5) is 0 Å². The highest BCUT2D eigenvalue weighted by molar-refractivity contribution is 5.81.